The molecular formula is C17H19NO2. The van der Waals surface area contributed by atoms with Gasteiger partial charge in [0.2, 0.25) is 0 Å². The molecule has 2 rings (SSSR count). The van der Waals surface area contributed by atoms with Crippen molar-refractivity contribution in [3.05, 3.63) is 64.7 Å². The molecule has 0 radical (unpaired) electrons. The molecule has 3 nitrogen and oxygen atoms in total. The van der Waals surface area contributed by atoms with Crippen LogP contribution in [0.25, 0.3) is 0 Å². The Morgan fingerprint density at radius 2 is 1.90 bits per heavy atom. The van der Waals surface area contributed by atoms with E-state index in [4.69, 9.17) is 10.5 Å². The number of aryl methyl sites for hydroxylation is 1. The van der Waals surface area contributed by atoms with Gasteiger partial charge in [0, 0.05) is 17.7 Å². The van der Waals surface area contributed by atoms with Gasteiger partial charge in [0.05, 0.1) is 7.11 Å². The monoisotopic (exact) mass is 269 g/mol. The Labute approximate surface area is 119 Å². The summed E-state index contributed by atoms with van der Waals surface area (Å²) in [6.45, 7) is 2.48. The lowest BCUT2D eigenvalue weighted by atomic mass is 9.98. The molecule has 20 heavy (non-hydrogen) atoms. The lowest BCUT2D eigenvalue weighted by Gasteiger charge is -2.09. The molecular weight excluding hydrogens is 250 g/mol. The molecule has 0 aliphatic rings. The van der Waals surface area contributed by atoms with Gasteiger partial charge in [-0.15, -0.1) is 0 Å². The van der Waals surface area contributed by atoms with Gasteiger partial charge in [0.1, 0.15) is 5.75 Å². The molecule has 0 heterocycles. The fourth-order valence-electron chi connectivity index (χ4n) is 2.20. The summed E-state index contributed by atoms with van der Waals surface area (Å²) in [7, 11) is 1.64. The van der Waals surface area contributed by atoms with Crippen LogP contribution in [0.4, 0.5) is 0 Å². The van der Waals surface area contributed by atoms with Crippen molar-refractivity contribution in [2.24, 2.45) is 5.73 Å². The summed E-state index contributed by atoms with van der Waals surface area (Å²) in [5.74, 6) is 0.831. The Bertz CT molecular complexity index is 620. The van der Waals surface area contributed by atoms with Crippen LogP contribution in [0.5, 0.6) is 5.75 Å². The Hall–Kier alpha value is -2.13. The maximum Gasteiger partial charge on any atom is 0.193 e. The number of hydrogen-bond donors (Lipinski definition) is 1. The Balaban J connectivity index is 2.37. The van der Waals surface area contributed by atoms with Crippen molar-refractivity contribution in [1.82, 2.24) is 0 Å². The third-order valence-electron chi connectivity index (χ3n) is 3.35. The zero-order valence-electron chi connectivity index (χ0n) is 11.8. The SMILES string of the molecule is CCc1cc(C(=O)c2cccc(CN)c2)ccc1OC. The lowest BCUT2D eigenvalue weighted by molar-refractivity contribution is 0.103. The van der Waals surface area contributed by atoms with Gasteiger partial charge < -0.3 is 10.5 Å². The topological polar surface area (TPSA) is 52.3 Å². The quantitative estimate of drug-likeness (QED) is 0.849. The molecule has 0 atom stereocenters. The number of carbonyl (C=O) groups excluding carboxylic acids is 1. The first kappa shape index (κ1) is 14.3. The number of rotatable bonds is 5. The summed E-state index contributed by atoms with van der Waals surface area (Å²) in [6, 6.07) is 13.0. The van der Waals surface area contributed by atoms with Crippen LogP contribution in [0.1, 0.15) is 34.0 Å². The van der Waals surface area contributed by atoms with E-state index >= 15 is 0 Å². The number of ketones is 1. The van der Waals surface area contributed by atoms with Gasteiger partial charge in [-0.2, -0.15) is 0 Å². The molecule has 0 saturated heterocycles. The van der Waals surface area contributed by atoms with Gasteiger partial charge in [-0.1, -0.05) is 25.1 Å². The first-order valence-corrected chi connectivity index (χ1v) is 6.70. The summed E-state index contributed by atoms with van der Waals surface area (Å²) in [4.78, 5) is 12.5. The van der Waals surface area contributed by atoms with E-state index < -0.39 is 0 Å². The van der Waals surface area contributed by atoms with Crippen LogP contribution in [0.3, 0.4) is 0 Å². The van der Waals surface area contributed by atoms with Crippen molar-refractivity contribution >= 4 is 5.78 Å². The highest BCUT2D eigenvalue weighted by molar-refractivity contribution is 6.09. The van der Waals surface area contributed by atoms with E-state index in [0.29, 0.717) is 17.7 Å². The molecule has 0 saturated carbocycles. The summed E-state index contributed by atoms with van der Waals surface area (Å²) in [6.07, 6.45) is 0.827. The number of ether oxygens (including phenoxy) is 1. The van der Waals surface area contributed by atoms with Crippen LogP contribution < -0.4 is 10.5 Å². The summed E-state index contributed by atoms with van der Waals surface area (Å²) in [5.41, 5.74) is 8.95. The first-order valence-electron chi connectivity index (χ1n) is 6.70. The summed E-state index contributed by atoms with van der Waals surface area (Å²) in [5, 5.41) is 0. The smallest absolute Gasteiger partial charge is 0.193 e. The number of hydrogen-bond acceptors (Lipinski definition) is 3. The molecule has 2 aromatic rings. The van der Waals surface area contributed by atoms with Gasteiger partial charge in [0.15, 0.2) is 5.78 Å². The molecule has 104 valence electrons. The zero-order chi connectivity index (χ0) is 14.5. The highest BCUT2D eigenvalue weighted by Crippen LogP contribution is 2.22. The fraction of sp³-hybridized carbons (Fsp3) is 0.235. The third kappa shape index (κ3) is 2.89. The molecule has 0 aliphatic heterocycles. The average Bonchev–Trinajstić information content (AvgIpc) is 2.53. The van der Waals surface area contributed by atoms with Gasteiger partial charge in [-0.05, 0) is 41.8 Å². The van der Waals surface area contributed by atoms with E-state index in [1.807, 2.05) is 43.3 Å². The largest absolute Gasteiger partial charge is 0.496 e. The van der Waals surface area contributed by atoms with Crippen molar-refractivity contribution in [3.63, 3.8) is 0 Å². The third-order valence-corrected chi connectivity index (χ3v) is 3.35. The summed E-state index contributed by atoms with van der Waals surface area (Å²) >= 11 is 0. The Kier molecular flexibility index (Phi) is 4.53. The number of methoxy groups -OCH3 is 1. The van der Waals surface area contributed by atoms with Crippen LogP contribution in [0.15, 0.2) is 42.5 Å². The molecule has 3 heteroatoms. The van der Waals surface area contributed by atoms with Crippen molar-refractivity contribution in [1.29, 1.82) is 0 Å². The van der Waals surface area contributed by atoms with Crippen molar-refractivity contribution in [2.45, 2.75) is 19.9 Å². The van der Waals surface area contributed by atoms with Gasteiger partial charge in [-0.3, -0.25) is 4.79 Å². The molecule has 0 unspecified atom stereocenters. The van der Waals surface area contributed by atoms with Crippen LogP contribution in [-0.4, -0.2) is 12.9 Å². The Morgan fingerprint density at radius 3 is 2.55 bits per heavy atom. The second kappa shape index (κ2) is 6.35. The fourth-order valence-corrected chi connectivity index (χ4v) is 2.20. The van der Waals surface area contributed by atoms with Gasteiger partial charge in [-0.25, -0.2) is 0 Å². The first-order chi connectivity index (χ1) is 9.69. The molecule has 0 amide bonds. The van der Waals surface area contributed by atoms with E-state index in [-0.39, 0.29) is 5.78 Å². The average molecular weight is 269 g/mol. The minimum Gasteiger partial charge on any atom is -0.496 e. The number of nitrogens with two attached hydrogens (primary N) is 1. The van der Waals surface area contributed by atoms with Crippen molar-refractivity contribution in [2.75, 3.05) is 7.11 Å². The second-order valence-corrected chi connectivity index (χ2v) is 4.61. The maximum absolute atomic E-state index is 12.5. The van der Waals surface area contributed by atoms with E-state index in [1.165, 1.54) is 0 Å². The lowest BCUT2D eigenvalue weighted by Crippen LogP contribution is -2.05. The van der Waals surface area contributed by atoms with Crippen molar-refractivity contribution in [3.8, 4) is 5.75 Å². The highest BCUT2D eigenvalue weighted by Gasteiger charge is 2.12. The minimum atomic E-state index is 0.0117. The van der Waals surface area contributed by atoms with Crippen LogP contribution in [0.2, 0.25) is 0 Å². The molecule has 0 bridgehead atoms. The predicted molar refractivity (Wildman–Crippen MR) is 80.1 cm³/mol. The van der Waals surface area contributed by atoms with Gasteiger partial charge in [0.25, 0.3) is 0 Å². The van der Waals surface area contributed by atoms with E-state index in [0.717, 1.165) is 23.3 Å². The molecule has 0 aromatic heterocycles. The van der Waals surface area contributed by atoms with Crippen molar-refractivity contribution < 1.29 is 9.53 Å². The predicted octanol–water partition coefficient (Wildman–Crippen LogP) is 2.95. The minimum absolute atomic E-state index is 0.0117. The number of benzene rings is 2. The molecule has 2 aromatic carbocycles. The Morgan fingerprint density at radius 1 is 1.15 bits per heavy atom. The highest BCUT2D eigenvalue weighted by atomic mass is 16.5. The normalized spacial score (nSPS) is 10.3. The number of carbonyl (C=O) groups is 1. The molecule has 2 N–H and O–H groups in total. The standard InChI is InChI=1S/C17H19NO2/c1-3-13-10-15(7-8-16(13)20-2)17(19)14-6-4-5-12(9-14)11-18/h4-10H,3,11,18H2,1-2H3. The van der Waals surface area contributed by atoms with Crippen LogP contribution >= 0.6 is 0 Å². The van der Waals surface area contributed by atoms with Gasteiger partial charge >= 0.3 is 0 Å². The van der Waals surface area contributed by atoms with E-state index in [9.17, 15) is 4.79 Å². The second-order valence-electron chi connectivity index (χ2n) is 4.61. The maximum atomic E-state index is 12.5. The van der Waals surface area contributed by atoms with Crippen LogP contribution in [0, 0.1) is 0 Å². The summed E-state index contributed by atoms with van der Waals surface area (Å²) < 4.78 is 5.29. The molecule has 0 fully saturated rings. The van der Waals surface area contributed by atoms with Crippen LogP contribution in [-0.2, 0) is 13.0 Å². The van der Waals surface area contributed by atoms with E-state index in [2.05, 4.69) is 0 Å². The molecule has 0 aliphatic carbocycles. The zero-order valence-corrected chi connectivity index (χ0v) is 11.8. The molecule has 0 spiro atoms. The van der Waals surface area contributed by atoms with E-state index in [1.54, 1.807) is 13.2 Å².